The number of H-pyrrole nitrogens is 1. The molecule has 0 fully saturated rings. The van der Waals surface area contributed by atoms with Crippen molar-refractivity contribution in [1.82, 2.24) is 9.97 Å². The molecule has 5 heteroatoms. The van der Waals surface area contributed by atoms with E-state index in [2.05, 4.69) is 16.0 Å². The van der Waals surface area contributed by atoms with Crippen molar-refractivity contribution in [2.75, 3.05) is 6.61 Å². The maximum atomic E-state index is 11.4. The molecule has 0 saturated carbocycles. The van der Waals surface area contributed by atoms with Crippen molar-refractivity contribution < 1.29 is 9.53 Å². The molecule has 0 unspecified atom stereocenters. The van der Waals surface area contributed by atoms with E-state index in [9.17, 15) is 4.79 Å². The number of nitriles is 1. The predicted molar refractivity (Wildman–Crippen MR) is 70.5 cm³/mol. The van der Waals surface area contributed by atoms with E-state index in [4.69, 9.17) is 10.00 Å². The first-order valence-electron chi connectivity index (χ1n) is 6.19. The Labute approximate surface area is 111 Å². The Balaban J connectivity index is 2.21. The van der Waals surface area contributed by atoms with Crippen molar-refractivity contribution in [3.8, 4) is 6.07 Å². The summed E-state index contributed by atoms with van der Waals surface area (Å²) in [5.41, 5.74) is 2.19. The Morgan fingerprint density at radius 3 is 3.05 bits per heavy atom. The van der Waals surface area contributed by atoms with Crippen molar-refractivity contribution in [2.24, 2.45) is 0 Å². The lowest BCUT2D eigenvalue weighted by Crippen LogP contribution is -2.09. The van der Waals surface area contributed by atoms with Crippen LogP contribution in [-0.2, 0) is 9.53 Å². The van der Waals surface area contributed by atoms with E-state index in [-0.39, 0.29) is 11.9 Å². The van der Waals surface area contributed by atoms with Crippen LogP contribution in [0.3, 0.4) is 0 Å². The van der Waals surface area contributed by atoms with Crippen LogP contribution in [0.4, 0.5) is 0 Å². The Morgan fingerprint density at radius 2 is 2.37 bits per heavy atom. The summed E-state index contributed by atoms with van der Waals surface area (Å²) in [4.78, 5) is 19.0. The molecule has 1 atom stereocenters. The van der Waals surface area contributed by atoms with Gasteiger partial charge in [0.2, 0.25) is 0 Å². The van der Waals surface area contributed by atoms with Gasteiger partial charge in [-0.1, -0.05) is 6.92 Å². The maximum Gasteiger partial charge on any atom is 0.306 e. The first kappa shape index (κ1) is 13.1. The molecule has 19 heavy (non-hydrogen) atoms. The molecule has 98 valence electrons. The molecule has 5 nitrogen and oxygen atoms in total. The van der Waals surface area contributed by atoms with Crippen LogP contribution in [0.15, 0.2) is 18.2 Å². The molecule has 0 radical (unpaired) electrons. The van der Waals surface area contributed by atoms with Gasteiger partial charge in [-0.05, 0) is 25.1 Å². The third kappa shape index (κ3) is 2.91. The second kappa shape index (κ2) is 5.53. The molecule has 0 spiro atoms. The average molecular weight is 257 g/mol. The maximum absolute atomic E-state index is 11.4. The molecule has 0 aliphatic rings. The van der Waals surface area contributed by atoms with Gasteiger partial charge in [-0.2, -0.15) is 5.26 Å². The van der Waals surface area contributed by atoms with Gasteiger partial charge in [-0.25, -0.2) is 4.98 Å². The van der Waals surface area contributed by atoms with Crippen molar-refractivity contribution in [1.29, 1.82) is 5.26 Å². The SMILES string of the molecule is CCOC(=O)C[C@@H](C)c1nc2ccc(C#N)cc2[nH]1. The molecule has 2 aromatic rings. The van der Waals surface area contributed by atoms with Gasteiger partial charge in [0.15, 0.2) is 0 Å². The van der Waals surface area contributed by atoms with Crippen LogP contribution in [0.25, 0.3) is 11.0 Å². The number of aromatic amines is 1. The summed E-state index contributed by atoms with van der Waals surface area (Å²) >= 11 is 0. The Kier molecular flexibility index (Phi) is 3.81. The van der Waals surface area contributed by atoms with E-state index < -0.39 is 0 Å². The van der Waals surface area contributed by atoms with Gasteiger partial charge in [-0.3, -0.25) is 4.79 Å². The Bertz CT molecular complexity index is 640. The third-order valence-electron chi connectivity index (χ3n) is 2.87. The van der Waals surface area contributed by atoms with Gasteiger partial charge in [0.05, 0.1) is 35.7 Å². The minimum atomic E-state index is -0.229. The third-order valence-corrected chi connectivity index (χ3v) is 2.87. The lowest BCUT2D eigenvalue weighted by molar-refractivity contribution is -0.143. The molecule has 1 aromatic heterocycles. The molecule has 0 aliphatic heterocycles. The summed E-state index contributed by atoms with van der Waals surface area (Å²) in [5.74, 6) is 0.461. The van der Waals surface area contributed by atoms with Crippen LogP contribution in [0.1, 0.15) is 37.6 Å². The molecule has 2 rings (SSSR count). The number of ether oxygens (including phenoxy) is 1. The van der Waals surface area contributed by atoms with Crippen molar-refractivity contribution in [2.45, 2.75) is 26.2 Å². The number of nitrogens with zero attached hydrogens (tertiary/aromatic N) is 2. The first-order valence-corrected chi connectivity index (χ1v) is 6.19. The van der Waals surface area contributed by atoms with E-state index >= 15 is 0 Å². The average Bonchev–Trinajstić information content (AvgIpc) is 2.81. The van der Waals surface area contributed by atoms with Crippen LogP contribution < -0.4 is 0 Å². The minimum absolute atomic E-state index is 0.0445. The van der Waals surface area contributed by atoms with Crippen molar-refractivity contribution >= 4 is 17.0 Å². The fourth-order valence-electron chi connectivity index (χ4n) is 1.90. The minimum Gasteiger partial charge on any atom is -0.466 e. The van der Waals surface area contributed by atoms with Gasteiger partial charge in [-0.15, -0.1) is 0 Å². The van der Waals surface area contributed by atoms with Gasteiger partial charge in [0.25, 0.3) is 0 Å². The molecule has 0 saturated heterocycles. The number of carbonyl (C=O) groups is 1. The number of hydrogen-bond acceptors (Lipinski definition) is 4. The molecule has 0 bridgehead atoms. The van der Waals surface area contributed by atoms with Crippen LogP contribution in [0.2, 0.25) is 0 Å². The summed E-state index contributed by atoms with van der Waals surface area (Å²) in [7, 11) is 0. The topological polar surface area (TPSA) is 78.8 Å². The Morgan fingerprint density at radius 1 is 1.58 bits per heavy atom. The number of carbonyl (C=O) groups excluding carboxylic acids is 1. The smallest absolute Gasteiger partial charge is 0.306 e. The highest BCUT2D eigenvalue weighted by molar-refractivity contribution is 5.77. The van der Waals surface area contributed by atoms with E-state index in [1.54, 1.807) is 25.1 Å². The van der Waals surface area contributed by atoms with Gasteiger partial charge < -0.3 is 9.72 Å². The van der Waals surface area contributed by atoms with E-state index in [0.29, 0.717) is 18.6 Å². The summed E-state index contributed by atoms with van der Waals surface area (Å²) in [6.07, 6.45) is 0.290. The zero-order valence-corrected chi connectivity index (χ0v) is 10.9. The number of fused-ring (bicyclic) bond motifs is 1. The van der Waals surface area contributed by atoms with Gasteiger partial charge in [0, 0.05) is 5.92 Å². The monoisotopic (exact) mass is 257 g/mol. The number of nitrogens with one attached hydrogen (secondary N) is 1. The van der Waals surface area contributed by atoms with Crippen LogP contribution >= 0.6 is 0 Å². The lowest BCUT2D eigenvalue weighted by atomic mass is 10.1. The predicted octanol–water partition coefficient (Wildman–Crippen LogP) is 2.49. The van der Waals surface area contributed by atoms with Crippen LogP contribution in [0.5, 0.6) is 0 Å². The molecular weight excluding hydrogens is 242 g/mol. The van der Waals surface area contributed by atoms with E-state index in [1.807, 2.05) is 6.92 Å². The highest BCUT2D eigenvalue weighted by atomic mass is 16.5. The molecule has 0 amide bonds. The first-order chi connectivity index (χ1) is 9.13. The summed E-state index contributed by atoms with van der Waals surface area (Å²) in [5, 5.41) is 8.85. The van der Waals surface area contributed by atoms with E-state index in [0.717, 1.165) is 16.9 Å². The molecule has 0 aliphatic carbocycles. The molecule has 1 heterocycles. The Hall–Kier alpha value is -2.35. The number of aromatic nitrogens is 2. The standard InChI is InChI=1S/C14H15N3O2/c1-3-19-13(18)6-9(2)14-16-11-5-4-10(8-15)7-12(11)17-14/h4-5,7,9H,3,6H2,1-2H3,(H,16,17)/t9-/m1/s1. The fourth-order valence-corrected chi connectivity index (χ4v) is 1.90. The van der Waals surface area contributed by atoms with Crippen molar-refractivity contribution in [3.63, 3.8) is 0 Å². The largest absolute Gasteiger partial charge is 0.466 e. The highest BCUT2D eigenvalue weighted by Crippen LogP contribution is 2.21. The number of esters is 1. The zero-order valence-electron chi connectivity index (χ0n) is 10.9. The number of hydrogen-bond donors (Lipinski definition) is 1. The highest BCUT2D eigenvalue weighted by Gasteiger charge is 2.15. The number of benzene rings is 1. The quantitative estimate of drug-likeness (QED) is 0.853. The van der Waals surface area contributed by atoms with E-state index in [1.165, 1.54) is 0 Å². The lowest BCUT2D eigenvalue weighted by Gasteiger charge is -2.07. The molecule has 1 N–H and O–H groups in total. The normalized spacial score (nSPS) is 12.1. The summed E-state index contributed by atoms with van der Waals surface area (Å²) in [6, 6.07) is 7.36. The van der Waals surface area contributed by atoms with Crippen LogP contribution in [-0.4, -0.2) is 22.5 Å². The second-order valence-corrected chi connectivity index (χ2v) is 4.38. The van der Waals surface area contributed by atoms with Gasteiger partial charge in [0.1, 0.15) is 5.82 Å². The van der Waals surface area contributed by atoms with Gasteiger partial charge >= 0.3 is 5.97 Å². The zero-order chi connectivity index (χ0) is 13.8. The number of rotatable bonds is 4. The molecular formula is C14H15N3O2. The van der Waals surface area contributed by atoms with Crippen molar-refractivity contribution in [3.05, 3.63) is 29.6 Å². The van der Waals surface area contributed by atoms with Crippen LogP contribution in [0, 0.1) is 11.3 Å². The fraction of sp³-hybridized carbons (Fsp3) is 0.357. The summed E-state index contributed by atoms with van der Waals surface area (Å²) < 4.78 is 4.92. The number of imidazole rings is 1. The summed E-state index contributed by atoms with van der Waals surface area (Å²) in [6.45, 7) is 4.09. The second-order valence-electron chi connectivity index (χ2n) is 4.38. The molecule has 1 aromatic carbocycles.